The smallest absolute Gasteiger partial charge is 0.255 e. The molecule has 0 unspecified atom stereocenters. The van der Waals surface area contributed by atoms with Crippen LogP contribution in [0.3, 0.4) is 0 Å². The molecule has 0 saturated carbocycles. The van der Waals surface area contributed by atoms with E-state index in [1.54, 1.807) is 29.7 Å². The van der Waals surface area contributed by atoms with Gasteiger partial charge >= 0.3 is 0 Å². The molecule has 3 rings (SSSR count). The molecule has 0 fully saturated rings. The first kappa shape index (κ1) is 16.5. The van der Waals surface area contributed by atoms with Crippen molar-refractivity contribution >= 4 is 34.7 Å². The number of hydrogen-bond acceptors (Lipinski definition) is 4. The van der Waals surface area contributed by atoms with E-state index in [1.807, 2.05) is 41.8 Å². The average Bonchev–Trinajstić information content (AvgIpc) is 3.13. The van der Waals surface area contributed by atoms with Crippen molar-refractivity contribution in [1.29, 1.82) is 0 Å². The summed E-state index contributed by atoms with van der Waals surface area (Å²) < 4.78 is 0. The van der Waals surface area contributed by atoms with E-state index >= 15 is 0 Å². The standard InChI is InChI=1S/C18H16ClN3OS/c19-16-8-2-1-5-13(16)11-21-17-15(7-3-9-20-17)18(23)22-12-14-6-4-10-24-14/h1-10H,11-12H2,(H,20,21)(H,22,23). The lowest BCUT2D eigenvalue weighted by Gasteiger charge is -2.11. The zero-order valence-electron chi connectivity index (χ0n) is 12.8. The normalized spacial score (nSPS) is 10.4. The van der Waals surface area contributed by atoms with Gasteiger partial charge in [0, 0.05) is 22.6 Å². The van der Waals surface area contributed by atoms with Crippen LogP contribution in [0.25, 0.3) is 0 Å². The highest BCUT2D eigenvalue weighted by Crippen LogP contribution is 2.18. The molecule has 0 saturated heterocycles. The lowest BCUT2D eigenvalue weighted by atomic mass is 10.2. The molecule has 2 aromatic heterocycles. The van der Waals surface area contributed by atoms with Gasteiger partial charge in [-0.1, -0.05) is 35.9 Å². The number of amides is 1. The molecule has 6 heteroatoms. The molecule has 24 heavy (non-hydrogen) atoms. The first-order valence-electron chi connectivity index (χ1n) is 7.47. The van der Waals surface area contributed by atoms with Crippen molar-refractivity contribution in [3.8, 4) is 0 Å². The lowest BCUT2D eigenvalue weighted by Crippen LogP contribution is -2.24. The number of benzene rings is 1. The Morgan fingerprint density at radius 3 is 2.75 bits per heavy atom. The molecule has 4 nitrogen and oxygen atoms in total. The van der Waals surface area contributed by atoms with Crippen LogP contribution in [0.2, 0.25) is 5.02 Å². The number of carbonyl (C=O) groups excluding carboxylic acids is 1. The van der Waals surface area contributed by atoms with Gasteiger partial charge in [-0.05, 0) is 35.2 Å². The average molecular weight is 358 g/mol. The second-order valence-corrected chi connectivity index (χ2v) is 6.55. The number of nitrogens with zero attached hydrogens (tertiary/aromatic N) is 1. The van der Waals surface area contributed by atoms with Crippen molar-refractivity contribution in [3.05, 3.63) is 81.1 Å². The number of hydrogen-bond donors (Lipinski definition) is 2. The molecule has 0 spiro atoms. The van der Waals surface area contributed by atoms with E-state index in [0.29, 0.717) is 29.5 Å². The number of carbonyl (C=O) groups is 1. The third-order valence-corrected chi connectivity index (χ3v) is 4.70. The molecule has 0 bridgehead atoms. The van der Waals surface area contributed by atoms with Gasteiger partial charge in [0.2, 0.25) is 0 Å². The predicted molar refractivity (Wildman–Crippen MR) is 98.5 cm³/mol. The van der Waals surface area contributed by atoms with E-state index in [-0.39, 0.29) is 5.91 Å². The summed E-state index contributed by atoms with van der Waals surface area (Å²) in [5, 5.41) is 8.78. The number of rotatable bonds is 6. The molecule has 1 amide bonds. The summed E-state index contributed by atoms with van der Waals surface area (Å²) in [6.07, 6.45) is 1.66. The van der Waals surface area contributed by atoms with Crippen LogP contribution in [0.5, 0.6) is 0 Å². The van der Waals surface area contributed by atoms with Gasteiger partial charge in [0.15, 0.2) is 0 Å². The molecule has 3 aromatic rings. The van der Waals surface area contributed by atoms with Gasteiger partial charge < -0.3 is 10.6 Å². The monoisotopic (exact) mass is 357 g/mol. The highest BCUT2D eigenvalue weighted by molar-refractivity contribution is 7.09. The molecule has 2 heterocycles. The van der Waals surface area contributed by atoms with E-state index in [1.165, 1.54) is 0 Å². The summed E-state index contributed by atoms with van der Waals surface area (Å²) in [5.41, 5.74) is 1.47. The maximum atomic E-state index is 12.4. The molecule has 2 N–H and O–H groups in total. The molecule has 1 aromatic carbocycles. The maximum Gasteiger partial charge on any atom is 0.255 e. The molecule has 0 aliphatic rings. The Labute approximate surface area is 149 Å². The fourth-order valence-corrected chi connectivity index (χ4v) is 3.07. The number of anilines is 1. The Morgan fingerprint density at radius 1 is 1.08 bits per heavy atom. The molecule has 0 aliphatic carbocycles. The lowest BCUT2D eigenvalue weighted by molar-refractivity contribution is 0.0952. The zero-order chi connectivity index (χ0) is 16.8. The van der Waals surface area contributed by atoms with Crippen molar-refractivity contribution in [1.82, 2.24) is 10.3 Å². The summed E-state index contributed by atoms with van der Waals surface area (Å²) >= 11 is 7.77. The highest BCUT2D eigenvalue weighted by atomic mass is 35.5. The van der Waals surface area contributed by atoms with Crippen molar-refractivity contribution < 1.29 is 4.79 Å². The fraction of sp³-hybridized carbons (Fsp3) is 0.111. The number of nitrogens with one attached hydrogen (secondary N) is 2. The van der Waals surface area contributed by atoms with Crippen molar-refractivity contribution in [3.63, 3.8) is 0 Å². The van der Waals surface area contributed by atoms with E-state index < -0.39 is 0 Å². The van der Waals surface area contributed by atoms with Gasteiger partial charge in [-0.25, -0.2) is 4.98 Å². The van der Waals surface area contributed by atoms with Crippen LogP contribution in [0.4, 0.5) is 5.82 Å². The Balaban J connectivity index is 1.68. The molecule has 0 aliphatic heterocycles. The minimum Gasteiger partial charge on any atom is -0.365 e. The molecular formula is C18H16ClN3OS. The fourth-order valence-electron chi connectivity index (χ4n) is 2.23. The summed E-state index contributed by atoms with van der Waals surface area (Å²) in [6, 6.07) is 15.1. The Morgan fingerprint density at radius 2 is 1.96 bits per heavy atom. The van der Waals surface area contributed by atoms with Crippen LogP contribution in [0.15, 0.2) is 60.1 Å². The maximum absolute atomic E-state index is 12.4. The predicted octanol–water partition coefficient (Wildman–Crippen LogP) is 4.34. The second kappa shape index (κ2) is 7.95. The van der Waals surface area contributed by atoms with Crippen LogP contribution >= 0.6 is 22.9 Å². The van der Waals surface area contributed by atoms with Crippen LogP contribution in [-0.2, 0) is 13.1 Å². The molecule has 0 atom stereocenters. The minimum atomic E-state index is -0.154. The van der Waals surface area contributed by atoms with Crippen LogP contribution in [-0.4, -0.2) is 10.9 Å². The van der Waals surface area contributed by atoms with Gasteiger partial charge in [0.25, 0.3) is 5.91 Å². The Bertz CT molecular complexity index is 821. The summed E-state index contributed by atoms with van der Waals surface area (Å²) in [5.74, 6) is 0.388. The highest BCUT2D eigenvalue weighted by Gasteiger charge is 2.12. The van der Waals surface area contributed by atoms with Crippen molar-refractivity contribution in [2.75, 3.05) is 5.32 Å². The quantitative estimate of drug-likeness (QED) is 0.690. The second-order valence-electron chi connectivity index (χ2n) is 5.11. The van der Waals surface area contributed by atoms with Gasteiger partial charge in [0.1, 0.15) is 5.82 Å². The van der Waals surface area contributed by atoms with Gasteiger partial charge in [0.05, 0.1) is 12.1 Å². The SMILES string of the molecule is O=C(NCc1cccs1)c1cccnc1NCc1ccccc1Cl. The van der Waals surface area contributed by atoms with E-state index in [2.05, 4.69) is 15.6 Å². The Hall–Kier alpha value is -2.37. The topological polar surface area (TPSA) is 54.0 Å². The van der Waals surface area contributed by atoms with Gasteiger partial charge in [-0.15, -0.1) is 11.3 Å². The van der Waals surface area contributed by atoms with E-state index in [4.69, 9.17) is 11.6 Å². The van der Waals surface area contributed by atoms with Crippen molar-refractivity contribution in [2.45, 2.75) is 13.1 Å². The first-order valence-corrected chi connectivity index (χ1v) is 8.72. The van der Waals surface area contributed by atoms with E-state index in [0.717, 1.165) is 10.4 Å². The summed E-state index contributed by atoms with van der Waals surface area (Å²) in [7, 11) is 0. The number of pyridine rings is 1. The molecule has 0 radical (unpaired) electrons. The van der Waals surface area contributed by atoms with E-state index in [9.17, 15) is 4.79 Å². The molecular weight excluding hydrogens is 342 g/mol. The number of thiophene rings is 1. The summed E-state index contributed by atoms with van der Waals surface area (Å²) in [4.78, 5) is 17.8. The third-order valence-electron chi connectivity index (χ3n) is 3.46. The number of halogens is 1. The Kier molecular flexibility index (Phi) is 5.46. The molecule has 122 valence electrons. The third kappa shape index (κ3) is 4.13. The first-order chi connectivity index (χ1) is 11.7. The largest absolute Gasteiger partial charge is 0.365 e. The summed E-state index contributed by atoms with van der Waals surface area (Å²) in [6.45, 7) is 1.01. The van der Waals surface area contributed by atoms with Gasteiger partial charge in [-0.2, -0.15) is 0 Å². The minimum absolute atomic E-state index is 0.154. The van der Waals surface area contributed by atoms with Gasteiger partial charge in [-0.3, -0.25) is 4.79 Å². The van der Waals surface area contributed by atoms with Crippen LogP contribution < -0.4 is 10.6 Å². The van der Waals surface area contributed by atoms with Crippen LogP contribution in [0, 0.1) is 0 Å². The number of aromatic nitrogens is 1. The van der Waals surface area contributed by atoms with Crippen molar-refractivity contribution in [2.24, 2.45) is 0 Å². The van der Waals surface area contributed by atoms with Crippen LogP contribution in [0.1, 0.15) is 20.8 Å². The zero-order valence-corrected chi connectivity index (χ0v) is 14.4.